The largest absolute Gasteiger partial charge is 0.336 e. The molecule has 0 fully saturated rings. The highest BCUT2D eigenvalue weighted by Crippen LogP contribution is 2.35. The average Bonchev–Trinajstić information content (AvgIpc) is 3.25. The fourth-order valence-corrected chi connectivity index (χ4v) is 5.05. The molecule has 180 valence electrons. The van der Waals surface area contributed by atoms with Crippen LogP contribution in [0.3, 0.4) is 0 Å². The molecule has 0 radical (unpaired) electrons. The summed E-state index contributed by atoms with van der Waals surface area (Å²) in [6.07, 6.45) is 0. The van der Waals surface area contributed by atoms with Crippen molar-refractivity contribution in [1.29, 1.82) is 5.26 Å². The predicted octanol–water partition coefficient (Wildman–Crippen LogP) is 7.40. The molecule has 0 spiro atoms. The molecule has 0 aliphatic carbocycles. The Kier molecular flexibility index (Phi) is 5.64. The summed E-state index contributed by atoms with van der Waals surface area (Å²) >= 11 is 0. The monoisotopic (exact) mass is 490 g/mol. The van der Waals surface area contributed by atoms with Crippen molar-refractivity contribution in [2.45, 2.75) is 20.4 Å². The molecule has 0 unspecified atom stereocenters. The maximum Gasteiger partial charge on any atom is 0.187 e. The van der Waals surface area contributed by atoms with E-state index in [0.717, 1.165) is 38.7 Å². The standard InChI is InChI=1S/C32H22N6/c1-20-35-21(2)37-32(36-20)29-15-22(18-33)11-12-25(29)19-38-30-10-5-4-9-27(30)28-14-13-24(17-31(28)38)23-7-6-8-26(16-23)34-3/h4-17H,19H2,1-2H3. The number of rotatable bonds is 4. The molecule has 6 nitrogen and oxygen atoms in total. The lowest BCUT2D eigenvalue weighted by atomic mass is 10.0. The van der Waals surface area contributed by atoms with Crippen LogP contribution in [0.25, 0.3) is 49.2 Å². The van der Waals surface area contributed by atoms with Crippen LogP contribution in [0.4, 0.5) is 5.69 Å². The van der Waals surface area contributed by atoms with Gasteiger partial charge < -0.3 is 4.57 Å². The van der Waals surface area contributed by atoms with Gasteiger partial charge in [-0.3, -0.25) is 0 Å². The van der Waals surface area contributed by atoms with Gasteiger partial charge in [-0.05, 0) is 60.9 Å². The average molecular weight is 491 g/mol. The molecule has 0 aliphatic rings. The number of hydrogen-bond acceptors (Lipinski definition) is 4. The summed E-state index contributed by atoms with van der Waals surface area (Å²) in [4.78, 5) is 17.1. The van der Waals surface area contributed by atoms with Gasteiger partial charge in [0.1, 0.15) is 11.6 Å². The molecule has 0 amide bonds. The third kappa shape index (κ3) is 4.05. The maximum atomic E-state index is 9.60. The van der Waals surface area contributed by atoms with E-state index in [1.807, 2.05) is 56.3 Å². The van der Waals surface area contributed by atoms with E-state index < -0.39 is 0 Å². The van der Waals surface area contributed by atoms with E-state index in [2.05, 4.69) is 72.9 Å². The molecule has 38 heavy (non-hydrogen) atoms. The zero-order valence-corrected chi connectivity index (χ0v) is 21.0. The maximum absolute atomic E-state index is 9.60. The molecule has 0 bridgehead atoms. The Balaban J connectivity index is 1.57. The van der Waals surface area contributed by atoms with E-state index in [0.29, 0.717) is 35.3 Å². The van der Waals surface area contributed by atoms with Gasteiger partial charge in [0.05, 0.1) is 23.7 Å². The number of para-hydroxylation sites is 1. The first-order valence-electron chi connectivity index (χ1n) is 12.3. The van der Waals surface area contributed by atoms with Crippen molar-refractivity contribution in [3.8, 4) is 28.6 Å². The highest BCUT2D eigenvalue weighted by Gasteiger charge is 2.16. The first-order chi connectivity index (χ1) is 18.5. The van der Waals surface area contributed by atoms with Crippen molar-refractivity contribution in [3.63, 3.8) is 0 Å². The van der Waals surface area contributed by atoms with Gasteiger partial charge >= 0.3 is 0 Å². The molecule has 6 rings (SSSR count). The third-order valence-corrected chi connectivity index (χ3v) is 6.75. The Bertz CT molecular complexity index is 1930. The van der Waals surface area contributed by atoms with Crippen LogP contribution in [-0.4, -0.2) is 19.5 Å². The molecule has 0 N–H and O–H groups in total. The van der Waals surface area contributed by atoms with Crippen molar-refractivity contribution in [3.05, 3.63) is 119 Å². The molecule has 6 aromatic rings. The fourth-order valence-electron chi connectivity index (χ4n) is 5.05. The lowest BCUT2D eigenvalue weighted by Crippen LogP contribution is -2.05. The molecule has 0 atom stereocenters. The normalized spacial score (nSPS) is 10.9. The van der Waals surface area contributed by atoms with Crippen LogP contribution >= 0.6 is 0 Å². The van der Waals surface area contributed by atoms with Gasteiger partial charge in [0, 0.05) is 28.4 Å². The summed E-state index contributed by atoms with van der Waals surface area (Å²) in [6.45, 7) is 11.7. The molecule has 6 heteroatoms. The number of aromatic nitrogens is 4. The van der Waals surface area contributed by atoms with Crippen molar-refractivity contribution in [2.24, 2.45) is 0 Å². The van der Waals surface area contributed by atoms with Gasteiger partial charge in [-0.1, -0.05) is 54.6 Å². The Morgan fingerprint density at radius 1 is 0.789 bits per heavy atom. The van der Waals surface area contributed by atoms with Crippen LogP contribution in [0.15, 0.2) is 84.9 Å². The van der Waals surface area contributed by atoms with Crippen LogP contribution in [0.5, 0.6) is 0 Å². The fraction of sp³-hybridized carbons (Fsp3) is 0.0938. The Hall–Kier alpha value is -5.33. The summed E-state index contributed by atoms with van der Waals surface area (Å²) in [5.74, 6) is 1.85. The lowest BCUT2D eigenvalue weighted by Gasteiger charge is -2.14. The Morgan fingerprint density at radius 3 is 2.34 bits per heavy atom. The van der Waals surface area contributed by atoms with Gasteiger partial charge in [0.15, 0.2) is 11.5 Å². The third-order valence-electron chi connectivity index (χ3n) is 6.75. The zero-order valence-electron chi connectivity index (χ0n) is 21.0. The Labute approximate surface area is 220 Å². The molecular weight excluding hydrogens is 468 g/mol. The van der Waals surface area contributed by atoms with Crippen LogP contribution in [0, 0.1) is 31.8 Å². The minimum atomic E-state index is 0.559. The predicted molar refractivity (Wildman–Crippen MR) is 150 cm³/mol. The van der Waals surface area contributed by atoms with E-state index in [1.165, 1.54) is 5.39 Å². The van der Waals surface area contributed by atoms with Crippen LogP contribution in [0.2, 0.25) is 0 Å². The van der Waals surface area contributed by atoms with Crippen molar-refractivity contribution >= 4 is 27.5 Å². The second-order valence-corrected chi connectivity index (χ2v) is 9.23. The molecule has 4 aromatic carbocycles. The van der Waals surface area contributed by atoms with Gasteiger partial charge in [0.25, 0.3) is 0 Å². The van der Waals surface area contributed by atoms with Gasteiger partial charge in [0.2, 0.25) is 0 Å². The number of fused-ring (bicyclic) bond motifs is 3. The van der Waals surface area contributed by atoms with E-state index in [-0.39, 0.29) is 0 Å². The van der Waals surface area contributed by atoms with E-state index in [9.17, 15) is 5.26 Å². The number of aryl methyl sites for hydroxylation is 2. The minimum Gasteiger partial charge on any atom is -0.336 e. The van der Waals surface area contributed by atoms with Crippen molar-refractivity contribution in [2.75, 3.05) is 0 Å². The second-order valence-electron chi connectivity index (χ2n) is 9.23. The Morgan fingerprint density at radius 2 is 1.55 bits per heavy atom. The first kappa shape index (κ1) is 23.1. The minimum absolute atomic E-state index is 0.559. The summed E-state index contributed by atoms with van der Waals surface area (Å²) < 4.78 is 2.30. The van der Waals surface area contributed by atoms with Crippen molar-refractivity contribution < 1.29 is 0 Å². The molecule has 2 aromatic heterocycles. The summed E-state index contributed by atoms with van der Waals surface area (Å²) in [6, 6.07) is 30.5. The van der Waals surface area contributed by atoms with Crippen LogP contribution < -0.4 is 0 Å². The highest BCUT2D eigenvalue weighted by atomic mass is 15.0. The van der Waals surface area contributed by atoms with Gasteiger partial charge in [-0.2, -0.15) is 5.26 Å². The number of benzene rings is 4. The second kappa shape index (κ2) is 9.28. The lowest BCUT2D eigenvalue weighted by molar-refractivity contribution is 0.863. The van der Waals surface area contributed by atoms with Gasteiger partial charge in [-0.15, -0.1) is 0 Å². The van der Waals surface area contributed by atoms with Crippen LogP contribution in [-0.2, 0) is 6.54 Å². The molecular formula is C32H22N6. The summed E-state index contributed by atoms with van der Waals surface area (Å²) in [5.41, 5.74) is 7.28. The highest BCUT2D eigenvalue weighted by molar-refractivity contribution is 6.09. The van der Waals surface area contributed by atoms with Gasteiger partial charge in [-0.25, -0.2) is 19.8 Å². The number of hydrogen-bond donors (Lipinski definition) is 0. The van der Waals surface area contributed by atoms with E-state index >= 15 is 0 Å². The zero-order chi connectivity index (χ0) is 26.2. The molecule has 0 saturated heterocycles. The quantitative estimate of drug-likeness (QED) is 0.241. The number of nitrogens with zero attached hydrogens (tertiary/aromatic N) is 6. The van der Waals surface area contributed by atoms with Crippen LogP contribution in [0.1, 0.15) is 22.8 Å². The number of nitriles is 1. The van der Waals surface area contributed by atoms with E-state index in [4.69, 9.17) is 6.57 Å². The molecule has 2 heterocycles. The smallest absolute Gasteiger partial charge is 0.187 e. The SMILES string of the molecule is [C-]#[N+]c1cccc(-c2ccc3c4ccccc4n(Cc4ccc(C#N)cc4-c4nc(C)nc(C)n4)c3c2)c1. The van der Waals surface area contributed by atoms with Crippen molar-refractivity contribution in [1.82, 2.24) is 19.5 Å². The summed E-state index contributed by atoms with van der Waals surface area (Å²) in [5, 5.41) is 11.9. The topological polar surface area (TPSA) is 71.8 Å². The summed E-state index contributed by atoms with van der Waals surface area (Å²) in [7, 11) is 0. The first-order valence-corrected chi connectivity index (χ1v) is 12.3. The molecule has 0 aliphatic heterocycles. The molecule has 0 saturated carbocycles. The van der Waals surface area contributed by atoms with E-state index in [1.54, 1.807) is 0 Å².